The van der Waals surface area contributed by atoms with Crippen LogP contribution in [0.2, 0.25) is 0 Å². The average molecular weight is 480 g/mol. The van der Waals surface area contributed by atoms with Gasteiger partial charge < -0.3 is 19.6 Å². The summed E-state index contributed by atoms with van der Waals surface area (Å²) < 4.78 is 11.6. The SMILES string of the molecule is O=C(/C=C(\CN1CCC(O)CC1)c1cc2ccccc2o1)NCCOc1ccc(C(=O)NO)cc1. The standard InChI is InChI=1S/C26H29N3O6/c30-21-9-12-29(13-10-21)17-20(24-15-19-3-1-2-4-23(19)35-24)16-25(31)27-11-14-34-22-7-5-18(6-8-22)26(32)28-33/h1-8,15-16,21,30,33H,9-14,17H2,(H,27,31)(H,28,32)/b20-16+. The lowest BCUT2D eigenvalue weighted by molar-refractivity contribution is -0.116. The number of aliphatic hydroxyl groups is 1. The van der Waals surface area contributed by atoms with E-state index in [9.17, 15) is 14.7 Å². The number of para-hydroxylation sites is 1. The Morgan fingerprint density at radius 1 is 1.11 bits per heavy atom. The van der Waals surface area contributed by atoms with Gasteiger partial charge in [0.2, 0.25) is 5.91 Å². The number of nitrogens with one attached hydrogen (secondary N) is 2. The van der Waals surface area contributed by atoms with Crippen LogP contribution in [0, 0.1) is 0 Å². The summed E-state index contributed by atoms with van der Waals surface area (Å²) in [6.07, 6.45) is 2.71. The monoisotopic (exact) mass is 479 g/mol. The zero-order valence-electron chi connectivity index (χ0n) is 19.3. The molecule has 9 heteroatoms. The Bertz CT molecular complexity index is 1150. The van der Waals surface area contributed by atoms with Crippen molar-refractivity contribution >= 4 is 28.4 Å². The molecule has 0 bridgehead atoms. The summed E-state index contributed by atoms with van der Waals surface area (Å²) in [7, 11) is 0. The van der Waals surface area contributed by atoms with Crippen molar-refractivity contribution in [1.29, 1.82) is 0 Å². The first-order valence-electron chi connectivity index (χ1n) is 11.6. The Labute approximate surface area is 202 Å². The highest BCUT2D eigenvalue weighted by atomic mass is 16.5. The highest BCUT2D eigenvalue weighted by molar-refractivity contribution is 5.96. The van der Waals surface area contributed by atoms with Gasteiger partial charge >= 0.3 is 0 Å². The zero-order valence-corrected chi connectivity index (χ0v) is 19.3. The van der Waals surface area contributed by atoms with Crippen LogP contribution >= 0.6 is 0 Å². The number of piperidine rings is 1. The molecule has 1 aliphatic heterocycles. The van der Waals surface area contributed by atoms with Crippen molar-refractivity contribution in [3.63, 3.8) is 0 Å². The summed E-state index contributed by atoms with van der Waals surface area (Å²) in [5.74, 6) is 0.336. The molecule has 1 saturated heterocycles. The smallest absolute Gasteiger partial charge is 0.274 e. The lowest BCUT2D eigenvalue weighted by atomic mass is 10.1. The third-order valence-corrected chi connectivity index (χ3v) is 5.89. The molecule has 9 nitrogen and oxygen atoms in total. The van der Waals surface area contributed by atoms with E-state index in [2.05, 4.69) is 10.2 Å². The van der Waals surface area contributed by atoms with E-state index in [1.165, 1.54) is 12.1 Å². The number of carbonyl (C=O) groups is 2. The van der Waals surface area contributed by atoms with Gasteiger partial charge in [0, 0.05) is 42.2 Å². The van der Waals surface area contributed by atoms with Crippen LogP contribution in [0.5, 0.6) is 5.75 Å². The number of likely N-dealkylation sites (tertiary alicyclic amines) is 1. The number of amides is 2. The maximum absolute atomic E-state index is 12.7. The third-order valence-electron chi connectivity index (χ3n) is 5.89. The van der Waals surface area contributed by atoms with E-state index in [4.69, 9.17) is 14.4 Å². The second kappa shape index (κ2) is 11.7. The number of fused-ring (bicyclic) bond motifs is 1. The van der Waals surface area contributed by atoms with E-state index in [0.717, 1.165) is 29.6 Å². The third kappa shape index (κ3) is 6.69. The van der Waals surface area contributed by atoms with Gasteiger partial charge in [0.25, 0.3) is 5.91 Å². The molecule has 2 heterocycles. The lowest BCUT2D eigenvalue weighted by Gasteiger charge is -2.29. The van der Waals surface area contributed by atoms with Gasteiger partial charge in [-0.3, -0.25) is 19.7 Å². The Hall–Kier alpha value is -3.66. The Balaban J connectivity index is 1.36. The van der Waals surface area contributed by atoms with Gasteiger partial charge in [-0.1, -0.05) is 18.2 Å². The van der Waals surface area contributed by atoms with E-state index in [1.54, 1.807) is 23.7 Å². The zero-order chi connectivity index (χ0) is 24.6. The number of ether oxygens (including phenoxy) is 1. The van der Waals surface area contributed by atoms with Gasteiger partial charge in [-0.05, 0) is 49.2 Å². The number of hydrogen-bond donors (Lipinski definition) is 4. The second-order valence-corrected chi connectivity index (χ2v) is 8.43. The highest BCUT2D eigenvalue weighted by Crippen LogP contribution is 2.26. The molecular formula is C26H29N3O6. The minimum absolute atomic E-state index is 0.245. The molecule has 1 aromatic heterocycles. The molecule has 184 valence electrons. The molecule has 0 radical (unpaired) electrons. The van der Waals surface area contributed by atoms with Gasteiger partial charge in [0.15, 0.2) is 0 Å². The summed E-state index contributed by atoms with van der Waals surface area (Å²) in [4.78, 5) is 26.3. The summed E-state index contributed by atoms with van der Waals surface area (Å²) in [6, 6.07) is 15.9. The van der Waals surface area contributed by atoms with E-state index in [1.807, 2.05) is 30.3 Å². The van der Waals surface area contributed by atoms with Crippen LogP contribution in [0.25, 0.3) is 16.5 Å². The molecule has 3 aromatic rings. The molecule has 1 fully saturated rings. The largest absolute Gasteiger partial charge is 0.492 e. The number of nitrogens with zero attached hydrogens (tertiary/aromatic N) is 1. The number of hydrogen-bond acceptors (Lipinski definition) is 7. The fourth-order valence-electron chi connectivity index (χ4n) is 3.97. The lowest BCUT2D eigenvalue weighted by Crippen LogP contribution is -2.37. The van der Waals surface area contributed by atoms with Gasteiger partial charge in [0.1, 0.15) is 23.7 Å². The molecule has 1 aliphatic rings. The molecule has 0 unspecified atom stereocenters. The van der Waals surface area contributed by atoms with Gasteiger partial charge in [0.05, 0.1) is 12.6 Å². The molecule has 4 rings (SSSR count). The van der Waals surface area contributed by atoms with Crippen molar-refractivity contribution in [1.82, 2.24) is 15.7 Å². The van der Waals surface area contributed by atoms with Crippen LogP contribution in [-0.2, 0) is 4.79 Å². The number of hydroxylamine groups is 1. The second-order valence-electron chi connectivity index (χ2n) is 8.43. The predicted molar refractivity (Wildman–Crippen MR) is 130 cm³/mol. The van der Waals surface area contributed by atoms with Gasteiger partial charge in [-0.2, -0.15) is 0 Å². The van der Waals surface area contributed by atoms with Crippen LogP contribution in [0.1, 0.15) is 29.0 Å². The molecule has 0 atom stereocenters. The van der Waals surface area contributed by atoms with Crippen LogP contribution in [0.3, 0.4) is 0 Å². The molecule has 35 heavy (non-hydrogen) atoms. The summed E-state index contributed by atoms with van der Waals surface area (Å²) >= 11 is 0. The van der Waals surface area contributed by atoms with Crippen LogP contribution < -0.4 is 15.5 Å². The van der Waals surface area contributed by atoms with E-state index < -0.39 is 5.91 Å². The van der Waals surface area contributed by atoms with Crippen molar-refractivity contribution < 1.29 is 29.1 Å². The Kier molecular flexibility index (Phi) is 8.15. The number of benzene rings is 2. The van der Waals surface area contributed by atoms with E-state index >= 15 is 0 Å². The normalized spacial score (nSPS) is 15.2. The molecule has 0 spiro atoms. The average Bonchev–Trinajstić information content (AvgIpc) is 3.32. The van der Waals surface area contributed by atoms with Crippen molar-refractivity contribution in [2.24, 2.45) is 0 Å². The first-order chi connectivity index (χ1) is 17.0. The van der Waals surface area contributed by atoms with Crippen LogP contribution in [-0.4, -0.2) is 65.9 Å². The summed E-state index contributed by atoms with van der Waals surface area (Å²) in [5, 5.41) is 22.3. The Morgan fingerprint density at radius 3 is 2.57 bits per heavy atom. The molecule has 0 aliphatic carbocycles. The molecular weight excluding hydrogens is 450 g/mol. The topological polar surface area (TPSA) is 124 Å². The van der Waals surface area contributed by atoms with E-state index in [-0.39, 0.29) is 25.2 Å². The Morgan fingerprint density at radius 2 is 1.86 bits per heavy atom. The van der Waals surface area contributed by atoms with Gasteiger partial charge in [-0.25, -0.2) is 5.48 Å². The minimum atomic E-state index is -0.600. The molecule has 2 aromatic carbocycles. The highest BCUT2D eigenvalue weighted by Gasteiger charge is 2.20. The fourth-order valence-corrected chi connectivity index (χ4v) is 3.97. The van der Waals surface area contributed by atoms with Crippen LogP contribution in [0.4, 0.5) is 0 Å². The molecule has 4 N–H and O–H groups in total. The number of rotatable bonds is 9. The minimum Gasteiger partial charge on any atom is -0.492 e. The molecule has 0 saturated carbocycles. The van der Waals surface area contributed by atoms with Crippen molar-refractivity contribution in [2.75, 3.05) is 32.8 Å². The quantitative estimate of drug-likeness (QED) is 0.161. The van der Waals surface area contributed by atoms with Crippen molar-refractivity contribution in [3.8, 4) is 5.75 Å². The number of aliphatic hydroxyl groups excluding tert-OH is 1. The van der Waals surface area contributed by atoms with Crippen LogP contribution in [0.15, 0.2) is 65.1 Å². The summed E-state index contributed by atoms with van der Waals surface area (Å²) in [5.41, 5.74) is 3.41. The van der Waals surface area contributed by atoms with Gasteiger partial charge in [-0.15, -0.1) is 0 Å². The molecule has 2 amide bonds. The maximum atomic E-state index is 12.7. The summed E-state index contributed by atoms with van der Waals surface area (Å²) in [6.45, 7) is 2.59. The maximum Gasteiger partial charge on any atom is 0.274 e. The van der Waals surface area contributed by atoms with Crippen molar-refractivity contribution in [3.05, 3.63) is 72.0 Å². The fraction of sp³-hybridized carbons (Fsp3) is 0.308. The number of furan rings is 1. The van der Waals surface area contributed by atoms with E-state index in [0.29, 0.717) is 36.5 Å². The number of carbonyl (C=O) groups excluding carboxylic acids is 2. The predicted octanol–water partition coefficient (Wildman–Crippen LogP) is 2.59. The first-order valence-corrected chi connectivity index (χ1v) is 11.6. The van der Waals surface area contributed by atoms with Crippen molar-refractivity contribution in [2.45, 2.75) is 18.9 Å². The first kappa shape index (κ1) is 24.5.